The molecule has 58 valence electrons. The molecule has 0 aromatic heterocycles. The van der Waals surface area contributed by atoms with Crippen molar-refractivity contribution in [2.75, 3.05) is 6.61 Å². The molecule has 3 nitrogen and oxygen atoms in total. The van der Waals surface area contributed by atoms with Gasteiger partial charge in [-0.2, -0.15) is 0 Å². The maximum Gasteiger partial charge on any atom is 1.00 e. The molecule has 0 radical (unpaired) electrons. The fourth-order valence-corrected chi connectivity index (χ4v) is 0.353. The normalized spacial score (nSPS) is 10.2. The molecule has 0 atom stereocenters. The van der Waals surface area contributed by atoms with Crippen molar-refractivity contribution in [2.24, 2.45) is 0 Å². The van der Waals surface area contributed by atoms with Crippen LogP contribution in [0.4, 0.5) is 0 Å². The van der Waals surface area contributed by atoms with Crippen LogP contribution in [0.3, 0.4) is 0 Å². The summed E-state index contributed by atoms with van der Waals surface area (Å²) >= 11 is 0. The van der Waals surface area contributed by atoms with Crippen molar-refractivity contribution in [3.8, 4) is 0 Å². The Labute approximate surface area is 107 Å². The minimum atomic E-state index is -0.581. The molecule has 0 aliphatic rings. The first-order valence-electron chi connectivity index (χ1n) is 2.96. The molecule has 0 spiro atoms. The summed E-state index contributed by atoms with van der Waals surface area (Å²) in [5, 5.41) is 21.1. The van der Waals surface area contributed by atoms with Gasteiger partial charge in [-0.3, -0.25) is 0 Å². The number of rotatable bonds is 3. The van der Waals surface area contributed by atoms with Gasteiger partial charge in [0.05, 0.1) is 5.95 Å². The van der Waals surface area contributed by atoms with Crippen LogP contribution in [0.5, 0.6) is 0 Å². The predicted octanol–water partition coefficient (Wildman–Crippen LogP) is -6.50. The SMILES string of the molecule is C=C([O-])/C(C)=C(\[O-])OCC.[Li+].[Na+]. The molecule has 0 aromatic carbocycles. The van der Waals surface area contributed by atoms with Crippen molar-refractivity contribution in [1.29, 1.82) is 0 Å². The van der Waals surface area contributed by atoms with Crippen LogP contribution in [0.25, 0.3) is 0 Å². The van der Waals surface area contributed by atoms with Crippen molar-refractivity contribution in [2.45, 2.75) is 13.8 Å². The van der Waals surface area contributed by atoms with Crippen molar-refractivity contribution in [1.82, 2.24) is 0 Å². The van der Waals surface area contributed by atoms with Gasteiger partial charge in [-0.05, 0) is 19.1 Å². The summed E-state index contributed by atoms with van der Waals surface area (Å²) < 4.78 is 4.53. The molecule has 0 bridgehead atoms. The third-order valence-electron chi connectivity index (χ3n) is 1.000. The van der Waals surface area contributed by atoms with Crippen molar-refractivity contribution >= 4 is 0 Å². The van der Waals surface area contributed by atoms with E-state index in [1.165, 1.54) is 6.92 Å². The molecule has 0 aliphatic carbocycles. The average Bonchev–Trinajstić information content (AvgIpc) is 1.87. The van der Waals surface area contributed by atoms with E-state index in [1.807, 2.05) is 0 Å². The first-order chi connectivity index (χ1) is 4.59. The van der Waals surface area contributed by atoms with Crippen LogP contribution in [-0.4, -0.2) is 6.61 Å². The molecule has 0 N–H and O–H groups in total. The van der Waals surface area contributed by atoms with Gasteiger partial charge < -0.3 is 14.9 Å². The van der Waals surface area contributed by atoms with E-state index in [2.05, 4.69) is 11.3 Å². The number of hydrogen-bond acceptors (Lipinski definition) is 3. The van der Waals surface area contributed by atoms with Gasteiger partial charge in [0.25, 0.3) is 0 Å². The molecule has 0 aromatic rings. The summed E-state index contributed by atoms with van der Waals surface area (Å²) in [7, 11) is 0. The van der Waals surface area contributed by atoms with Crippen molar-refractivity contribution < 1.29 is 63.4 Å². The molecule has 5 heteroatoms. The first kappa shape index (κ1) is 18.3. The zero-order valence-electron chi connectivity index (χ0n) is 8.14. The summed E-state index contributed by atoms with van der Waals surface area (Å²) in [6, 6.07) is 0. The fraction of sp³-hybridized carbons (Fsp3) is 0.429. The molecular weight excluding hydrogens is 162 g/mol. The van der Waals surface area contributed by atoms with Gasteiger partial charge in [0.1, 0.15) is 0 Å². The zero-order chi connectivity index (χ0) is 8.15. The third-order valence-corrected chi connectivity index (χ3v) is 1.000. The second-order valence-electron chi connectivity index (χ2n) is 1.77. The Morgan fingerprint density at radius 1 is 1.42 bits per heavy atom. The van der Waals surface area contributed by atoms with Crippen LogP contribution in [-0.2, 0) is 4.74 Å². The Bertz CT molecular complexity index is 168. The van der Waals surface area contributed by atoms with Gasteiger partial charge in [-0.25, -0.2) is 0 Å². The zero-order valence-corrected chi connectivity index (χ0v) is 10.1. The summed E-state index contributed by atoms with van der Waals surface area (Å²) in [6.45, 7) is 6.42. The molecule has 0 saturated carbocycles. The fourth-order valence-electron chi connectivity index (χ4n) is 0.353. The Hall–Kier alpha value is 0.477. The Balaban J connectivity index is -0.000000405. The molecule has 0 unspecified atom stereocenters. The molecule has 0 amide bonds. The van der Waals surface area contributed by atoms with Gasteiger partial charge in [-0.1, -0.05) is 6.92 Å². The average molecular weight is 172 g/mol. The van der Waals surface area contributed by atoms with E-state index < -0.39 is 11.7 Å². The van der Waals surface area contributed by atoms with Crippen LogP contribution in [0.1, 0.15) is 13.8 Å². The van der Waals surface area contributed by atoms with Crippen LogP contribution in [0.2, 0.25) is 0 Å². The number of hydrogen-bond donors (Lipinski definition) is 0. The van der Waals surface area contributed by atoms with E-state index in [1.54, 1.807) is 6.92 Å². The minimum absolute atomic E-state index is 0. The van der Waals surface area contributed by atoms with E-state index in [0.717, 1.165) is 0 Å². The Morgan fingerprint density at radius 2 is 1.83 bits per heavy atom. The molecule has 0 rings (SSSR count). The Morgan fingerprint density at radius 3 is 2.08 bits per heavy atom. The summed E-state index contributed by atoms with van der Waals surface area (Å²) in [4.78, 5) is 0. The van der Waals surface area contributed by atoms with Crippen LogP contribution < -0.4 is 58.6 Å². The van der Waals surface area contributed by atoms with Crippen molar-refractivity contribution in [3.05, 3.63) is 23.9 Å². The van der Waals surface area contributed by atoms with Crippen LogP contribution >= 0.6 is 0 Å². The Kier molecular flexibility index (Phi) is 14.6. The van der Waals surface area contributed by atoms with Gasteiger partial charge in [-0.15, -0.1) is 12.3 Å². The van der Waals surface area contributed by atoms with E-state index >= 15 is 0 Å². The molecule has 0 heterocycles. The van der Waals surface area contributed by atoms with Gasteiger partial charge >= 0.3 is 48.4 Å². The summed E-state index contributed by atoms with van der Waals surface area (Å²) in [5.74, 6) is -1.07. The largest absolute Gasteiger partial charge is 1.00 e. The topological polar surface area (TPSA) is 55.3 Å². The maximum absolute atomic E-state index is 10.7. The van der Waals surface area contributed by atoms with E-state index in [-0.39, 0.29) is 60.6 Å². The van der Waals surface area contributed by atoms with Crippen molar-refractivity contribution in [3.63, 3.8) is 0 Å². The van der Waals surface area contributed by atoms with Crippen LogP contribution in [0, 0.1) is 0 Å². The quantitative estimate of drug-likeness (QED) is 0.241. The first-order valence-corrected chi connectivity index (χ1v) is 2.96. The smallest absolute Gasteiger partial charge is 0.873 e. The molecule has 0 saturated heterocycles. The van der Waals surface area contributed by atoms with E-state index in [0.29, 0.717) is 0 Å². The van der Waals surface area contributed by atoms with E-state index in [4.69, 9.17) is 0 Å². The number of allylic oxidation sites excluding steroid dienone is 1. The summed E-state index contributed by atoms with van der Waals surface area (Å²) in [6.07, 6.45) is 0. The minimum Gasteiger partial charge on any atom is -0.873 e. The van der Waals surface area contributed by atoms with Gasteiger partial charge in [0.15, 0.2) is 0 Å². The second-order valence-corrected chi connectivity index (χ2v) is 1.77. The summed E-state index contributed by atoms with van der Waals surface area (Å²) in [5.41, 5.74) is 0.0434. The van der Waals surface area contributed by atoms with Crippen LogP contribution in [0.15, 0.2) is 23.9 Å². The molecule has 12 heavy (non-hydrogen) atoms. The van der Waals surface area contributed by atoms with E-state index in [9.17, 15) is 10.2 Å². The molecule has 0 aliphatic heterocycles. The standard InChI is InChI=1S/C7H12O3.Li.Na/c1-4-10-7(9)5(2)6(3)8;;/h8-9H,3-4H2,1-2H3;;/q;2*+1/p-2/b7-5+;;. The monoisotopic (exact) mass is 172 g/mol. The maximum atomic E-state index is 10.7. The van der Waals surface area contributed by atoms with Gasteiger partial charge in [0.2, 0.25) is 0 Å². The third kappa shape index (κ3) is 7.14. The predicted molar refractivity (Wildman–Crippen MR) is 33.5 cm³/mol. The second kappa shape index (κ2) is 9.56. The number of ether oxygens (including phenoxy) is 1. The van der Waals surface area contributed by atoms with Gasteiger partial charge in [0, 0.05) is 0 Å². The molecular formula is C7H10LiNaO3. The molecule has 0 fully saturated rings.